The highest BCUT2D eigenvalue weighted by Gasteiger charge is 2.15. The molecule has 0 saturated carbocycles. The summed E-state index contributed by atoms with van der Waals surface area (Å²) >= 11 is 6.20. The molecule has 0 unspecified atom stereocenters. The van der Waals surface area contributed by atoms with Gasteiger partial charge in [-0.1, -0.05) is 41.9 Å². The van der Waals surface area contributed by atoms with Crippen molar-refractivity contribution in [1.29, 1.82) is 0 Å². The van der Waals surface area contributed by atoms with Crippen molar-refractivity contribution in [3.05, 3.63) is 83.4 Å². The van der Waals surface area contributed by atoms with Crippen LogP contribution >= 0.6 is 11.6 Å². The summed E-state index contributed by atoms with van der Waals surface area (Å²) in [5, 5.41) is 9.15. The second kappa shape index (κ2) is 12.0. The molecule has 3 N–H and O–H groups in total. The third-order valence-corrected chi connectivity index (χ3v) is 4.61. The van der Waals surface area contributed by atoms with Gasteiger partial charge in [-0.25, -0.2) is 5.43 Å². The van der Waals surface area contributed by atoms with Gasteiger partial charge in [-0.15, -0.1) is 0 Å². The Kier molecular flexibility index (Phi) is 8.59. The first-order valence-electron chi connectivity index (χ1n) is 10.0. The zero-order valence-electron chi connectivity index (χ0n) is 18.1. The molecule has 0 aliphatic rings. The second-order valence-corrected chi connectivity index (χ2v) is 7.15. The third-order valence-electron chi connectivity index (χ3n) is 4.31. The number of para-hydroxylation sites is 3. The molecule has 0 aliphatic heterocycles. The predicted octanol–water partition coefficient (Wildman–Crippen LogP) is 3.45. The van der Waals surface area contributed by atoms with Crippen LogP contribution in [0.2, 0.25) is 5.02 Å². The van der Waals surface area contributed by atoms with Crippen LogP contribution in [0, 0.1) is 0 Å². The fourth-order valence-corrected chi connectivity index (χ4v) is 2.96. The molecule has 0 atom stereocenters. The summed E-state index contributed by atoms with van der Waals surface area (Å²) in [6, 6.07) is 20.4. The minimum absolute atomic E-state index is 0.223. The number of carbonyl (C=O) groups is 3. The number of amides is 3. The van der Waals surface area contributed by atoms with Gasteiger partial charge in [-0.2, -0.15) is 5.10 Å². The molecule has 3 amide bonds. The molecular formula is C24H21ClN4O5. The Morgan fingerprint density at radius 3 is 2.38 bits per heavy atom. The summed E-state index contributed by atoms with van der Waals surface area (Å²) in [5.74, 6) is -1.47. The zero-order valence-corrected chi connectivity index (χ0v) is 18.8. The number of anilines is 2. The maximum atomic E-state index is 12.0. The highest BCUT2D eigenvalue weighted by Crippen LogP contribution is 2.25. The molecule has 0 spiro atoms. The lowest BCUT2D eigenvalue weighted by Crippen LogP contribution is -2.32. The van der Waals surface area contributed by atoms with Gasteiger partial charge in [0.25, 0.3) is 5.91 Å². The second-order valence-electron chi connectivity index (χ2n) is 6.75. The molecule has 0 bridgehead atoms. The summed E-state index contributed by atoms with van der Waals surface area (Å²) in [7, 11) is 1.45. The lowest BCUT2D eigenvalue weighted by Gasteiger charge is -2.09. The number of nitrogens with zero attached hydrogens (tertiary/aromatic N) is 1. The molecule has 3 rings (SSSR count). The summed E-state index contributed by atoms with van der Waals surface area (Å²) in [5.41, 5.74) is 3.69. The highest BCUT2D eigenvalue weighted by molar-refractivity contribution is 6.39. The van der Waals surface area contributed by atoms with Crippen molar-refractivity contribution in [3.8, 4) is 11.5 Å². The highest BCUT2D eigenvalue weighted by atomic mass is 35.5. The normalized spacial score (nSPS) is 10.4. The van der Waals surface area contributed by atoms with Crippen molar-refractivity contribution >= 4 is 46.9 Å². The first-order chi connectivity index (χ1) is 16.5. The van der Waals surface area contributed by atoms with Gasteiger partial charge < -0.3 is 20.1 Å². The van der Waals surface area contributed by atoms with Gasteiger partial charge in [0, 0.05) is 5.69 Å². The van der Waals surface area contributed by atoms with Crippen LogP contribution in [-0.2, 0) is 14.4 Å². The smallest absolute Gasteiger partial charge is 0.329 e. The first kappa shape index (κ1) is 24.3. The molecular weight excluding hydrogens is 460 g/mol. The Morgan fingerprint density at radius 2 is 1.65 bits per heavy atom. The predicted molar refractivity (Wildman–Crippen MR) is 129 cm³/mol. The molecule has 0 fully saturated rings. The largest absolute Gasteiger partial charge is 0.495 e. The Labute approximate surface area is 200 Å². The maximum Gasteiger partial charge on any atom is 0.329 e. The number of methoxy groups -OCH3 is 1. The standard InChI is InChI=1S/C24H21ClN4O5/c1-33-21-10-6-5-9-19(21)28-23(31)24(32)29-26-14-16-11-12-20(18(25)13-16)34-15-22(30)27-17-7-3-2-4-8-17/h2-14H,15H2,1H3,(H,27,30)(H,28,31)(H,29,32)/b26-14-. The van der Waals surface area contributed by atoms with E-state index in [1.807, 2.05) is 18.2 Å². The molecule has 174 valence electrons. The summed E-state index contributed by atoms with van der Waals surface area (Å²) < 4.78 is 10.6. The number of ether oxygens (including phenoxy) is 2. The zero-order chi connectivity index (χ0) is 24.3. The van der Waals surface area contributed by atoms with E-state index in [-0.39, 0.29) is 17.5 Å². The lowest BCUT2D eigenvalue weighted by molar-refractivity contribution is -0.136. The maximum absolute atomic E-state index is 12.0. The lowest BCUT2D eigenvalue weighted by atomic mass is 10.2. The number of hydrogen-bond acceptors (Lipinski definition) is 6. The SMILES string of the molecule is COc1ccccc1NC(=O)C(=O)N/N=C\c1ccc(OCC(=O)Nc2ccccc2)c(Cl)c1. The molecule has 10 heteroatoms. The van der Waals surface area contributed by atoms with Crippen LogP contribution in [-0.4, -0.2) is 37.7 Å². The summed E-state index contributed by atoms with van der Waals surface area (Å²) in [6.07, 6.45) is 1.31. The van der Waals surface area contributed by atoms with Crippen molar-refractivity contribution < 1.29 is 23.9 Å². The van der Waals surface area contributed by atoms with Crippen molar-refractivity contribution in [2.24, 2.45) is 5.10 Å². The molecule has 3 aromatic carbocycles. The molecule has 34 heavy (non-hydrogen) atoms. The fraction of sp³-hybridized carbons (Fsp3) is 0.0833. The number of rotatable bonds is 8. The van der Waals surface area contributed by atoms with Crippen LogP contribution in [0.5, 0.6) is 11.5 Å². The minimum Gasteiger partial charge on any atom is -0.495 e. The van der Waals surface area contributed by atoms with Crippen molar-refractivity contribution in [1.82, 2.24) is 5.43 Å². The van der Waals surface area contributed by atoms with Gasteiger partial charge in [-0.05, 0) is 48.0 Å². The van der Waals surface area contributed by atoms with Crippen LogP contribution in [0.1, 0.15) is 5.56 Å². The van der Waals surface area contributed by atoms with E-state index in [9.17, 15) is 14.4 Å². The van der Waals surface area contributed by atoms with Gasteiger partial charge in [0.1, 0.15) is 11.5 Å². The summed E-state index contributed by atoms with van der Waals surface area (Å²) in [4.78, 5) is 36.0. The van der Waals surface area contributed by atoms with E-state index in [0.29, 0.717) is 28.4 Å². The number of hydrogen-bond donors (Lipinski definition) is 3. The first-order valence-corrected chi connectivity index (χ1v) is 10.4. The molecule has 9 nitrogen and oxygen atoms in total. The number of nitrogens with one attached hydrogen (secondary N) is 3. The molecule has 0 saturated heterocycles. The Hall–Kier alpha value is -4.37. The van der Waals surface area contributed by atoms with E-state index >= 15 is 0 Å². The van der Waals surface area contributed by atoms with Crippen LogP contribution in [0.3, 0.4) is 0 Å². The molecule has 0 aromatic heterocycles. The van der Waals surface area contributed by atoms with Crippen molar-refractivity contribution in [3.63, 3.8) is 0 Å². The monoisotopic (exact) mass is 480 g/mol. The van der Waals surface area contributed by atoms with Gasteiger partial charge >= 0.3 is 11.8 Å². The summed E-state index contributed by atoms with van der Waals surface area (Å²) in [6.45, 7) is -0.223. The number of carbonyl (C=O) groups excluding carboxylic acids is 3. The quantitative estimate of drug-likeness (QED) is 0.259. The molecule has 3 aromatic rings. The van der Waals surface area contributed by atoms with E-state index in [4.69, 9.17) is 21.1 Å². The number of halogens is 1. The number of benzene rings is 3. The minimum atomic E-state index is -0.961. The van der Waals surface area contributed by atoms with Crippen LogP contribution in [0.4, 0.5) is 11.4 Å². The van der Waals surface area contributed by atoms with E-state index in [2.05, 4.69) is 21.2 Å². The van der Waals surface area contributed by atoms with Crippen LogP contribution < -0.4 is 25.5 Å². The third kappa shape index (κ3) is 7.07. The van der Waals surface area contributed by atoms with E-state index in [1.54, 1.807) is 48.5 Å². The topological polar surface area (TPSA) is 118 Å². The Balaban J connectivity index is 1.49. The van der Waals surface area contributed by atoms with E-state index in [0.717, 1.165) is 0 Å². The Bertz CT molecular complexity index is 1200. The van der Waals surface area contributed by atoms with Gasteiger partial charge in [0.05, 0.1) is 24.0 Å². The fourth-order valence-electron chi connectivity index (χ4n) is 2.72. The van der Waals surface area contributed by atoms with Crippen LogP contribution in [0.25, 0.3) is 0 Å². The molecule has 0 aliphatic carbocycles. The average molecular weight is 481 g/mol. The van der Waals surface area contributed by atoms with Gasteiger partial charge in [-0.3, -0.25) is 14.4 Å². The van der Waals surface area contributed by atoms with Crippen molar-refractivity contribution in [2.75, 3.05) is 24.4 Å². The van der Waals surface area contributed by atoms with Gasteiger partial charge in [0.2, 0.25) is 0 Å². The Morgan fingerprint density at radius 1 is 0.912 bits per heavy atom. The van der Waals surface area contributed by atoms with E-state index in [1.165, 1.54) is 19.4 Å². The van der Waals surface area contributed by atoms with E-state index < -0.39 is 11.8 Å². The van der Waals surface area contributed by atoms with Crippen LogP contribution in [0.15, 0.2) is 77.9 Å². The number of hydrazone groups is 1. The molecule has 0 radical (unpaired) electrons. The van der Waals surface area contributed by atoms with Gasteiger partial charge in [0.15, 0.2) is 6.61 Å². The average Bonchev–Trinajstić information content (AvgIpc) is 2.84. The van der Waals surface area contributed by atoms with Crippen molar-refractivity contribution in [2.45, 2.75) is 0 Å². The molecule has 0 heterocycles.